The number of carbonyl (C=O) groups excluding carboxylic acids is 1. The minimum absolute atomic E-state index is 0.0762. The number of ketones is 1. The average molecular weight is 326 g/mol. The second kappa shape index (κ2) is 7.20. The van der Waals surface area contributed by atoms with Gasteiger partial charge in [-0.1, -0.05) is 26.2 Å². The van der Waals surface area contributed by atoms with Crippen molar-refractivity contribution in [2.24, 2.45) is 10.9 Å². The lowest BCUT2D eigenvalue weighted by Gasteiger charge is -2.27. The van der Waals surface area contributed by atoms with Crippen LogP contribution in [0.1, 0.15) is 67.8 Å². The maximum atomic E-state index is 12.1. The summed E-state index contributed by atoms with van der Waals surface area (Å²) in [6, 6.07) is 3.38. The summed E-state index contributed by atoms with van der Waals surface area (Å²) >= 11 is 0. The molecule has 1 aromatic rings. The molecule has 128 valence electrons. The Hall–Kier alpha value is -2.10. The van der Waals surface area contributed by atoms with Crippen molar-refractivity contribution in [3.63, 3.8) is 0 Å². The van der Waals surface area contributed by atoms with Gasteiger partial charge in [0.1, 0.15) is 5.75 Å². The summed E-state index contributed by atoms with van der Waals surface area (Å²) in [5, 5.41) is 10.2. The molecule has 0 aromatic heterocycles. The zero-order valence-electron chi connectivity index (χ0n) is 14.3. The van der Waals surface area contributed by atoms with Gasteiger partial charge in [0.25, 0.3) is 0 Å². The highest BCUT2D eigenvalue weighted by Gasteiger charge is 2.26. The first-order chi connectivity index (χ1) is 11.6. The summed E-state index contributed by atoms with van der Waals surface area (Å²) in [4.78, 5) is 17.0. The molecule has 0 radical (unpaired) electrons. The van der Waals surface area contributed by atoms with E-state index >= 15 is 0 Å². The fourth-order valence-electron chi connectivity index (χ4n) is 3.81. The number of rotatable bonds is 4. The highest BCUT2D eigenvalue weighted by atomic mass is 16.3. The average Bonchev–Trinajstić information content (AvgIpc) is 2.59. The number of aromatic hydroxyl groups is 1. The van der Waals surface area contributed by atoms with Gasteiger partial charge in [0.05, 0.1) is 22.9 Å². The lowest BCUT2D eigenvalue weighted by atomic mass is 9.83. The minimum atomic E-state index is -0.166. The largest absolute Gasteiger partial charge is 0.507 e. The quantitative estimate of drug-likeness (QED) is 0.641. The second-order valence-corrected chi connectivity index (χ2v) is 6.95. The van der Waals surface area contributed by atoms with E-state index in [1.807, 2.05) is 0 Å². The number of aliphatic imine (C=N–C) groups is 1. The van der Waals surface area contributed by atoms with E-state index in [1.165, 1.54) is 44.2 Å². The molecule has 3 rings (SSSR count). The van der Waals surface area contributed by atoms with Crippen LogP contribution < -0.4 is 5.73 Å². The monoisotopic (exact) mass is 326 g/mol. The van der Waals surface area contributed by atoms with Crippen LogP contribution in [-0.4, -0.2) is 22.6 Å². The number of nitrogens with zero attached hydrogens (tertiary/aromatic N) is 1. The highest BCUT2D eigenvalue weighted by Crippen LogP contribution is 2.33. The van der Waals surface area contributed by atoms with Crippen molar-refractivity contribution in [2.45, 2.75) is 57.9 Å². The van der Waals surface area contributed by atoms with Crippen molar-refractivity contribution in [3.8, 4) is 5.75 Å². The van der Waals surface area contributed by atoms with Crippen LogP contribution in [0.2, 0.25) is 0 Å². The van der Waals surface area contributed by atoms with E-state index in [1.54, 1.807) is 12.1 Å². The van der Waals surface area contributed by atoms with Crippen molar-refractivity contribution < 1.29 is 9.90 Å². The van der Waals surface area contributed by atoms with Gasteiger partial charge in [0, 0.05) is 5.69 Å². The Morgan fingerprint density at radius 3 is 2.62 bits per heavy atom. The van der Waals surface area contributed by atoms with Gasteiger partial charge in [-0.05, 0) is 55.9 Å². The minimum Gasteiger partial charge on any atom is -0.507 e. The number of nitrogen functional groups attached to an aromatic ring is 1. The van der Waals surface area contributed by atoms with Crippen molar-refractivity contribution in [1.29, 1.82) is 0 Å². The standard InChI is InChI=1S/C20H26N2O2/c1-2-3-4-13-5-7-14(8-6-13)22-16-10-12-17(23)19-15(21)9-11-18(24)20(16)19/h9-14,24H,2-8,21H2,1H3. The van der Waals surface area contributed by atoms with E-state index in [0.717, 1.165) is 18.8 Å². The Morgan fingerprint density at radius 1 is 1.17 bits per heavy atom. The number of hydrogen-bond donors (Lipinski definition) is 2. The molecule has 0 amide bonds. The number of hydrogen-bond acceptors (Lipinski definition) is 4. The van der Waals surface area contributed by atoms with E-state index in [9.17, 15) is 9.90 Å². The summed E-state index contributed by atoms with van der Waals surface area (Å²) in [7, 11) is 0. The zero-order chi connectivity index (χ0) is 17.1. The van der Waals surface area contributed by atoms with Gasteiger partial charge in [-0.15, -0.1) is 0 Å². The van der Waals surface area contributed by atoms with E-state index < -0.39 is 0 Å². The molecule has 0 saturated heterocycles. The summed E-state index contributed by atoms with van der Waals surface area (Å²) in [5.74, 6) is 0.745. The molecule has 0 spiro atoms. The topological polar surface area (TPSA) is 75.7 Å². The number of benzene rings is 1. The fraction of sp³-hybridized carbons (Fsp3) is 0.500. The van der Waals surface area contributed by atoms with Crippen LogP contribution in [-0.2, 0) is 0 Å². The third kappa shape index (κ3) is 3.37. The first-order valence-electron chi connectivity index (χ1n) is 9.02. The molecule has 1 aromatic carbocycles. The Labute approximate surface area is 143 Å². The number of phenols is 1. The van der Waals surface area contributed by atoms with Crippen LogP contribution in [0.4, 0.5) is 5.69 Å². The van der Waals surface area contributed by atoms with Gasteiger partial charge in [0.15, 0.2) is 5.78 Å². The molecule has 0 bridgehead atoms. The normalized spacial score (nSPS) is 25.0. The third-order valence-electron chi connectivity index (χ3n) is 5.21. The maximum Gasteiger partial charge on any atom is 0.188 e. The van der Waals surface area contributed by atoms with Crippen LogP contribution >= 0.6 is 0 Å². The summed E-state index contributed by atoms with van der Waals surface area (Å²) in [6.45, 7) is 2.24. The van der Waals surface area contributed by atoms with Gasteiger partial charge < -0.3 is 10.8 Å². The molecule has 1 saturated carbocycles. The summed E-state index contributed by atoms with van der Waals surface area (Å²) in [6.07, 6.45) is 11.7. The molecule has 2 aliphatic rings. The number of nitrogens with two attached hydrogens (primary N) is 1. The number of phenolic OH excluding ortho intramolecular Hbond substituents is 1. The molecule has 1 fully saturated rings. The Balaban J connectivity index is 1.79. The van der Waals surface area contributed by atoms with Crippen LogP contribution in [0, 0.1) is 5.92 Å². The van der Waals surface area contributed by atoms with Crippen molar-refractivity contribution in [1.82, 2.24) is 0 Å². The summed E-state index contributed by atoms with van der Waals surface area (Å²) in [5.41, 5.74) is 7.90. The second-order valence-electron chi connectivity index (χ2n) is 6.95. The Morgan fingerprint density at radius 2 is 1.92 bits per heavy atom. The van der Waals surface area contributed by atoms with Crippen molar-refractivity contribution >= 4 is 17.2 Å². The maximum absolute atomic E-state index is 12.1. The third-order valence-corrected chi connectivity index (χ3v) is 5.21. The van der Waals surface area contributed by atoms with Gasteiger partial charge in [-0.25, -0.2) is 0 Å². The highest BCUT2D eigenvalue weighted by molar-refractivity contribution is 6.26. The molecule has 0 atom stereocenters. The molecule has 3 N–H and O–H groups in total. The molecular formula is C20H26N2O2. The van der Waals surface area contributed by atoms with Gasteiger partial charge in [-0.2, -0.15) is 0 Å². The molecule has 4 heteroatoms. The molecule has 24 heavy (non-hydrogen) atoms. The van der Waals surface area contributed by atoms with Gasteiger partial charge in [0.2, 0.25) is 0 Å². The molecule has 4 nitrogen and oxygen atoms in total. The Bertz CT molecular complexity index is 683. The van der Waals surface area contributed by atoms with Crippen molar-refractivity contribution in [3.05, 3.63) is 35.4 Å². The van der Waals surface area contributed by atoms with E-state index in [-0.39, 0.29) is 17.6 Å². The SMILES string of the molecule is CCCCC1CCC(N=C2C=CC(=O)c3c(N)ccc(O)c32)CC1. The zero-order valence-corrected chi connectivity index (χ0v) is 14.3. The first-order valence-corrected chi connectivity index (χ1v) is 9.02. The first kappa shape index (κ1) is 16.7. The summed E-state index contributed by atoms with van der Waals surface area (Å²) < 4.78 is 0. The smallest absolute Gasteiger partial charge is 0.188 e. The van der Waals surface area contributed by atoms with Crippen LogP contribution in [0.3, 0.4) is 0 Å². The fourth-order valence-corrected chi connectivity index (χ4v) is 3.81. The van der Waals surface area contributed by atoms with E-state index in [4.69, 9.17) is 10.7 Å². The number of anilines is 1. The molecule has 2 aliphatic carbocycles. The molecular weight excluding hydrogens is 300 g/mol. The lowest BCUT2D eigenvalue weighted by Crippen LogP contribution is -2.21. The van der Waals surface area contributed by atoms with Crippen molar-refractivity contribution in [2.75, 3.05) is 5.73 Å². The van der Waals surface area contributed by atoms with Crippen LogP contribution in [0.25, 0.3) is 0 Å². The van der Waals surface area contributed by atoms with Crippen LogP contribution in [0.15, 0.2) is 29.3 Å². The van der Waals surface area contributed by atoms with Gasteiger partial charge in [-0.3, -0.25) is 9.79 Å². The van der Waals surface area contributed by atoms with E-state index in [0.29, 0.717) is 22.5 Å². The lowest BCUT2D eigenvalue weighted by molar-refractivity contribution is 0.104. The van der Waals surface area contributed by atoms with Crippen LogP contribution in [0.5, 0.6) is 5.75 Å². The number of allylic oxidation sites excluding steroid dienone is 2. The number of unbranched alkanes of at least 4 members (excludes halogenated alkanes) is 1. The molecule has 0 unspecified atom stereocenters. The Kier molecular flexibility index (Phi) is 5.03. The predicted octanol–water partition coefficient (Wildman–Crippen LogP) is 4.27. The predicted molar refractivity (Wildman–Crippen MR) is 97.8 cm³/mol. The molecule has 0 heterocycles. The molecule has 0 aliphatic heterocycles. The number of carbonyl (C=O) groups is 1. The van der Waals surface area contributed by atoms with E-state index in [2.05, 4.69) is 6.92 Å². The number of fused-ring (bicyclic) bond motifs is 1. The van der Waals surface area contributed by atoms with Gasteiger partial charge >= 0.3 is 0 Å².